The standard InChI is InChI=1S/C18H17ClF2N2O/c1-12-10-14(19)3-5-17(12)22-6-8-23(9-7-22)18(24)13-2-4-15(20)16(21)11-13/h2-5,10-11H,6-9H2,1H3. The Morgan fingerprint density at radius 1 is 1.00 bits per heavy atom. The lowest BCUT2D eigenvalue weighted by Gasteiger charge is -2.37. The van der Waals surface area contributed by atoms with E-state index in [0.717, 1.165) is 23.4 Å². The molecule has 0 spiro atoms. The quantitative estimate of drug-likeness (QED) is 0.820. The van der Waals surface area contributed by atoms with E-state index in [-0.39, 0.29) is 11.5 Å². The highest BCUT2D eigenvalue weighted by Gasteiger charge is 2.23. The number of hydrogen-bond acceptors (Lipinski definition) is 2. The molecule has 0 saturated carbocycles. The van der Waals surface area contributed by atoms with Crippen LogP contribution < -0.4 is 4.90 Å². The number of nitrogens with zero attached hydrogens (tertiary/aromatic N) is 2. The number of anilines is 1. The van der Waals surface area contributed by atoms with Crippen molar-refractivity contribution in [2.24, 2.45) is 0 Å². The lowest BCUT2D eigenvalue weighted by atomic mass is 10.1. The monoisotopic (exact) mass is 350 g/mol. The summed E-state index contributed by atoms with van der Waals surface area (Å²) < 4.78 is 26.3. The maximum atomic E-state index is 13.3. The van der Waals surface area contributed by atoms with Crippen LogP contribution in [0.3, 0.4) is 0 Å². The van der Waals surface area contributed by atoms with Crippen LogP contribution in [0.5, 0.6) is 0 Å². The van der Waals surface area contributed by atoms with Gasteiger partial charge in [-0.15, -0.1) is 0 Å². The smallest absolute Gasteiger partial charge is 0.254 e. The van der Waals surface area contributed by atoms with E-state index >= 15 is 0 Å². The molecule has 3 nitrogen and oxygen atoms in total. The second-order valence-electron chi connectivity index (χ2n) is 5.84. The first-order valence-electron chi connectivity index (χ1n) is 7.71. The number of benzene rings is 2. The van der Waals surface area contributed by atoms with E-state index in [2.05, 4.69) is 4.90 Å². The molecular weight excluding hydrogens is 334 g/mol. The molecule has 2 aromatic rings. The van der Waals surface area contributed by atoms with Gasteiger partial charge in [0.25, 0.3) is 5.91 Å². The third-order valence-corrected chi connectivity index (χ3v) is 4.47. The molecule has 1 fully saturated rings. The van der Waals surface area contributed by atoms with Crippen molar-refractivity contribution < 1.29 is 13.6 Å². The molecule has 1 heterocycles. The van der Waals surface area contributed by atoms with E-state index in [1.165, 1.54) is 6.07 Å². The van der Waals surface area contributed by atoms with Crippen molar-refractivity contribution in [3.63, 3.8) is 0 Å². The van der Waals surface area contributed by atoms with Crippen LogP contribution in [0.25, 0.3) is 0 Å². The normalized spacial score (nSPS) is 14.8. The highest BCUT2D eigenvalue weighted by molar-refractivity contribution is 6.30. The Morgan fingerprint density at radius 2 is 1.71 bits per heavy atom. The average molecular weight is 351 g/mol. The van der Waals surface area contributed by atoms with Crippen molar-refractivity contribution in [1.82, 2.24) is 4.90 Å². The van der Waals surface area contributed by atoms with Gasteiger partial charge in [0, 0.05) is 42.5 Å². The third kappa shape index (κ3) is 3.36. The highest BCUT2D eigenvalue weighted by Crippen LogP contribution is 2.25. The Kier molecular flexibility index (Phi) is 4.71. The van der Waals surface area contributed by atoms with Gasteiger partial charge in [-0.2, -0.15) is 0 Å². The molecule has 0 unspecified atom stereocenters. The number of piperazine rings is 1. The number of carbonyl (C=O) groups excluding carboxylic acids is 1. The number of amides is 1. The van der Waals surface area contributed by atoms with Gasteiger partial charge in [-0.25, -0.2) is 8.78 Å². The van der Waals surface area contributed by atoms with Gasteiger partial charge in [-0.05, 0) is 48.9 Å². The van der Waals surface area contributed by atoms with E-state index in [9.17, 15) is 13.6 Å². The first-order valence-corrected chi connectivity index (χ1v) is 8.09. The fraction of sp³-hybridized carbons (Fsp3) is 0.278. The summed E-state index contributed by atoms with van der Waals surface area (Å²) >= 11 is 5.98. The van der Waals surface area contributed by atoms with Crippen LogP contribution in [-0.2, 0) is 0 Å². The van der Waals surface area contributed by atoms with Gasteiger partial charge in [0.05, 0.1) is 0 Å². The van der Waals surface area contributed by atoms with Crippen molar-refractivity contribution in [2.45, 2.75) is 6.92 Å². The van der Waals surface area contributed by atoms with Crippen molar-refractivity contribution in [2.75, 3.05) is 31.1 Å². The summed E-state index contributed by atoms with van der Waals surface area (Å²) in [5.41, 5.74) is 2.35. The largest absolute Gasteiger partial charge is 0.368 e. The van der Waals surface area contributed by atoms with Crippen LogP contribution in [0.2, 0.25) is 5.02 Å². The zero-order chi connectivity index (χ0) is 17.3. The molecule has 0 N–H and O–H groups in total. The van der Waals surface area contributed by atoms with Crippen molar-refractivity contribution in [3.05, 3.63) is 64.2 Å². The number of halogens is 3. The Hall–Kier alpha value is -2.14. The van der Waals surface area contributed by atoms with E-state index in [1.807, 2.05) is 25.1 Å². The summed E-state index contributed by atoms with van der Waals surface area (Å²) in [6.07, 6.45) is 0. The molecular formula is C18H17ClF2N2O. The number of rotatable bonds is 2. The molecule has 1 aliphatic rings. The van der Waals surface area contributed by atoms with Gasteiger partial charge in [-0.1, -0.05) is 11.6 Å². The molecule has 0 atom stereocenters. The summed E-state index contributed by atoms with van der Waals surface area (Å²) in [7, 11) is 0. The van der Waals surface area contributed by atoms with Crippen LogP contribution in [0.4, 0.5) is 14.5 Å². The number of hydrogen-bond donors (Lipinski definition) is 0. The fourth-order valence-electron chi connectivity index (χ4n) is 2.94. The minimum Gasteiger partial charge on any atom is -0.368 e. The minimum absolute atomic E-state index is 0.171. The van der Waals surface area contributed by atoms with Gasteiger partial charge < -0.3 is 9.80 Å². The van der Waals surface area contributed by atoms with E-state index in [0.29, 0.717) is 31.2 Å². The molecule has 0 bridgehead atoms. The summed E-state index contributed by atoms with van der Waals surface area (Å²) in [5, 5.41) is 0.698. The van der Waals surface area contributed by atoms with Crippen molar-refractivity contribution in [3.8, 4) is 0 Å². The Labute approximate surface area is 144 Å². The first-order chi connectivity index (χ1) is 11.5. The highest BCUT2D eigenvalue weighted by atomic mass is 35.5. The van der Waals surface area contributed by atoms with E-state index in [4.69, 9.17) is 11.6 Å². The van der Waals surface area contributed by atoms with Crippen molar-refractivity contribution >= 4 is 23.2 Å². The Morgan fingerprint density at radius 3 is 2.33 bits per heavy atom. The number of aryl methyl sites for hydroxylation is 1. The molecule has 126 valence electrons. The van der Waals surface area contributed by atoms with E-state index in [1.54, 1.807) is 4.90 Å². The Balaban J connectivity index is 1.68. The van der Waals surface area contributed by atoms with E-state index < -0.39 is 11.6 Å². The van der Waals surface area contributed by atoms with Gasteiger partial charge in [0.15, 0.2) is 11.6 Å². The van der Waals surface area contributed by atoms with Crippen LogP contribution in [-0.4, -0.2) is 37.0 Å². The molecule has 2 aromatic carbocycles. The minimum atomic E-state index is -1.00. The number of carbonyl (C=O) groups is 1. The van der Waals surface area contributed by atoms with Crippen LogP contribution >= 0.6 is 11.6 Å². The second-order valence-corrected chi connectivity index (χ2v) is 6.28. The predicted molar refractivity (Wildman–Crippen MR) is 90.7 cm³/mol. The molecule has 6 heteroatoms. The summed E-state index contributed by atoms with van der Waals surface area (Å²) in [6, 6.07) is 8.99. The fourth-order valence-corrected chi connectivity index (χ4v) is 3.16. The summed E-state index contributed by atoms with van der Waals surface area (Å²) in [5.74, 6) is -2.23. The molecule has 24 heavy (non-hydrogen) atoms. The molecule has 0 aliphatic carbocycles. The molecule has 1 amide bonds. The topological polar surface area (TPSA) is 23.6 Å². The molecule has 0 aromatic heterocycles. The first kappa shape index (κ1) is 16.7. The lowest BCUT2D eigenvalue weighted by molar-refractivity contribution is 0.0746. The van der Waals surface area contributed by atoms with Gasteiger partial charge in [0.1, 0.15) is 0 Å². The maximum absolute atomic E-state index is 13.3. The third-order valence-electron chi connectivity index (χ3n) is 4.23. The van der Waals surface area contributed by atoms with Crippen LogP contribution in [0, 0.1) is 18.6 Å². The van der Waals surface area contributed by atoms with Gasteiger partial charge in [0.2, 0.25) is 0 Å². The van der Waals surface area contributed by atoms with Crippen LogP contribution in [0.15, 0.2) is 36.4 Å². The Bertz CT molecular complexity index is 774. The van der Waals surface area contributed by atoms with Crippen LogP contribution in [0.1, 0.15) is 15.9 Å². The van der Waals surface area contributed by atoms with Gasteiger partial charge >= 0.3 is 0 Å². The predicted octanol–water partition coefficient (Wildman–Crippen LogP) is 3.89. The molecule has 1 saturated heterocycles. The lowest BCUT2D eigenvalue weighted by Crippen LogP contribution is -2.49. The SMILES string of the molecule is Cc1cc(Cl)ccc1N1CCN(C(=O)c2ccc(F)c(F)c2)CC1. The van der Waals surface area contributed by atoms with Gasteiger partial charge in [-0.3, -0.25) is 4.79 Å². The maximum Gasteiger partial charge on any atom is 0.254 e. The zero-order valence-corrected chi connectivity index (χ0v) is 14.0. The second kappa shape index (κ2) is 6.77. The average Bonchev–Trinajstić information content (AvgIpc) is 2.57. The molecule has 0 radical (unpaired) electrons. The summed E-state index contributed by atoms with van der Waals surface area (Å²) in [4.78, 5) is 16.3. The zero-order valence-electron chi connectivity index (χ0n) is 13.2. The summed E-state index contributed by atoms with van der Waals surface area (Å²) in [6.45, 7) is 4.41. The van der Waals surface area contributed by atoms with Crippen molar-refractivity contribution in [1.29, 1.82) is 0 Å². The molecule has 3 rings (SSSR count). The molecule has 1 aliphatic heterocycles.